The van der Waals surface area contributed by atoms with Gasteiger partial charge in [-0.1, -0.05) is 46.3 Å². The van der Waals surface area contributed by atoms with Gasteiger partial charge < -0.3 is 15.2 Å². The molecule has 3 aromatic rings. The van der Waals surface area contributed by atoms with Crippen LogP contribution in [0, 0.1) is 0 Å². The maximum atomic E-state index is 12.5. The third-order valence-corrected chi connectivity index (χ3v) is 5.89. The van der Waals surface area contributed by atoms with Crippen LogP contribution in [0.2, 0.25) is 0 Å². The summed E-state index contributed by atoms with van der Waals surface area (Å²) < 4.78 is 6.81. The maximum Gasteiger partial charge on any atom is 0.335 e. The molecule has 160 valence electrons. The molecule has 1 heterocycles. The number of carbonyl (C=O) groups excluding carboxylic acids is 1. The SMILES string of the molecule is O=C1NC(=Nc2ccccc2)S/C1=C\c1cc(Br)ccc1OCc1ccc(C(=O)O)cc1. The second-order valence-electron chi connectivity index (χ2n) is 6.79. The van der Waals surface area contributed by atoms with Gasteiger partial charge in [0.15, 0.2) is 5.17 Å². The van der Waals surface area contributed by atoms with Crippen LogP contribution in [0.1, 0.15) is 21.5 Å². The first-order valence-corrected chi connectivity index (χ1v) is 11.2. The molecule has 0 unspecified atom stereocenters. The Morgan fingerprint density at radius 1 is 1.09 bits per heavy atom. The molecule has 0 saturated carbocycles. The van der Waals surface area contributed by atoms with Gasteiger partial charge in [0.05, 0.1) is 16.2 Å². The largest absolute Gasteiger partial charge is 0.488 e. The van der Waals surface area contributed by atoms with Gasteiger partial charge in [0, 0.05) is 10.0 Å². The van der Waals surface area contributed by atoms with E-state index in [1.807, 2.05) is 48.5 Å². The number of halogens is 1. The van der Waals surface area contributed by atoms with E-state index in [2.05, 4.69) is 26.2 Å². The average Bonchev–Trinajstić information content (AvgIpc) is 3.12. The molecule has 0 atom stereocenters. The number of benzene rings is 3. The smallest absolute Gasteiger partial charge is 0.335 e. The number of ether oxygens (including phenoxy) is 1. The van der Waals surface area contributed by atoms with E-state index in [0.717, 1.165) is 21.3 Å². The van der Waals surface area contributed by atoms with Crippen molar-refractivity contribution in [2.24, 2.45) is 4.99 Å². The van der Waals surface area contributed by atoms with E-state index < -0.39 is 5.97 Å². The molecule has 4 rings (SSSR count). The number of thioether (sulfide) groups is 1. The Labute approximate surface area is 197 Å². The van der Waals surface area contributed by atoms with Crippen LogP contribution in [0.4, 0.5) is 5.69 Å². The standard InChI is InChI=1S/C24H17BrN2O4S/c25-18-10-11-20(31-14-15-6-8-16(9-7-15)23(29)30)17(12-18)13-21-22(28)27-24(32-21)26-19-4-2-1-3-5-19/h1-13H,14H2,(H,29,30)(H,26,27,28)/b21-13-. The van der Waals surface area contributed by atoms with Crippen molar-refractivity contribution in [1.82, 2.24) is 5.32 Å². The summed E-state index contributed by atoms with van der Waals surface area (Å²) in [5.74, 6) is -0.591. The number of hydrogen-bond acceptors (Lipinski definition) is 5. The molecule has 1 fully saturated rings. The lowest BCUT2D eigenvalue weighted by atomic mass is 10.1. The van der Waals surface area contributed by atoms with E-state index in [4.69, 9.17) is 9.84 Å². The van der Waals surface area contributed by atoms with E-state index in [9.17, 15) is 9.59 Å². The van der Waals surface area contributed by atoms with Gasteiger partial charge in [-0.15, -0.1) is 0 Å². The van der Waals surface area contributed by atoms with Crippen LogP contribution in [0.25, 0.3) is 6.08 Å². The van der Waals surface area contributed by atoms with Gasteiger partial charge >= 0.3 is 5.97 Å². The number of hydrogen-bond donors (Lipinski definition) is 2. The quantitative estimate of drug-likeness (QED) is 0.422. The first kappa shape index (κ1) is 21.9. The summed E-state index contributed by atoms with van der Waals surface area (Å²) in [5, 5.41) is 12.3. The molecule has 1 aliphatic heterocycles. The zero-order valence-corrected chi connectivity index (χ0v) is 19.0. The highest BCUT2D eigenvalue weighted by Gasteiger charge is 2.24. The Balaban J connectivity index is 1.53. The molecule has 1 aliphatic rings. The fraction of sp³-hybridized carbons (Fsp3) is 0.0417. The van der Waals surface area contributed by atoms with Crippen LogP contribution < -0.4 is 10.1 Å². The second-order valence-corrected chi connectivity index (χ2v) is 8.74. The first-order chi connectivity index (χ1) is 15.5. The summed E-state index contributed by atoms with van der Waals surface area (Å²) in [7, 11) is 0. The van der Waals surface area contributed by atoms with Crippen LogP contribution in [-0.4, -0.2) is 22.2 Å². The molecule has 0 radical (unpaired) electrons. The highest BCUT2D eigenvalue weighted by molar-refractivity contribution is 9.10. The predicted octanol–water partition coefficient (Wildman–Crippen LogP) is 5.62. The first-order valence-electron chi connectivity index (χ1n) is 9.57. The Bertz CT molecular complexity index is 1220. The zero-order valence-electron chi connectivity index (χ0n) is 16.6. The molecular formula is C24H17BrN2O4S. The zero-order chi connectivity index (χ0) is 22.5. The number of carboxylic acid groups (broad SMARTS) is 1. The lowest BCUT2D eigenvalue weighted by Gasteiger charge is -2.10. The van der Waals surface area contributed by atoms with Gasteiger partial charge in [0.1, 0.15) is 12.4 Å². The molecule has 32 heavy (non-hydrogen) atoms. The summed E-state index contributed by atoms with van der Waals surface area (Å²) in [5.41, 5.74) is 2.55. The van der Waals surface area contributed by atoms with Crippen LogP contribution in [0.15, 0.2) is 87.2 Å². The number of aromatic carboxylic acids is 1. The number of rotatable bonds is 6. The van der Waals surface area contributed by atoms with E-state index in [1.165, 1.54) is 11.8 Å². The summed E-state index contributed by atoms with van der Waals surface area (Å²) >= 11 is 4.73. The average molecular weight is 509 g/mol. The summed E-state index contributed by atoms with van der Waals surface area (Å²) in [4.78, 5) is 28.4. The highest BCUT2D eigenvalue weighted by atomic mass is 79.9. The molecule has 1 saturated heterocycles. The molecule has 1 amide bonds. The van der Waals surface area contributed by atoms with Crippen molar-refractivity contribution in [2.75, 3.05) is 0 Å². The molecular weight excluding hydrogens is 492 g/mol. The van der Waals surface area contributed by atoms with E-state index >= 15 is 0 Å². The van der Waals surface area contributed by atoms with Crippen LogP contribution in [0.3, 0.4) is 0 Å². The fourth-order valence-electron chi connectivity index (χ4n) is 2.91. The van der Waals surface area contributed by atoms with Gasteiger partial charge in [0.25, 0.3) is 5.91 Å². The number of amidine groups is 1. The molecule has 6 nitrogen and oxygen atoms in total. The van der Waals surface area contributed by atoms with Crippen molar-refractivity contribution in [3.05, 3.63) is 98.9 Å². The monoisotopic (exact) mass is 508 g/mol. The van der Waals surface area contributed by atoms with Gasteiger partial charge in [-0.25, -0.2) is 9.79 Å². The van der Waals surface area contributed by atoms with Crippen LogP contribution >= 0.6 is 27.7 Å². The Kier molecular flexibility index (Phi) is 6.72. The minimum atomic E-state index is -0.971. The van der Waals surface area contributed by atoms with Crippen molar-refractivity contribution in [2.45, 2.75) is 6.61 Å². The second kappa shape index (κ2) is 9.84. The highest BCUT2D eigenvalue weighted by Crippen LogP contribution is 2.32. The van der Waals surface area contributed by atoms with Crippen LogP contribution in [0.5, 0.6) is 5.75 Å². The number of nitrogens with zero attached hydrogens (tertiary/aromatic N) is 1. The Morgan fingerprint density at radius 3 is 2.56 bits per heavy atom. The fourth-order valence-corrected chi connectivity index (χ4v) is 4.12. The molecule has 0 aliphatic carbocycles. The van der Waals surface area contributed by atoms with Crippen molar-refractivity contribution in [1.29, 1.82) is 0 Å². The third kappa shape index (κ3) is 5.46. The van der Waals surface area contributed by atoms with E-state index in [1.54, 1.807) is 30.3 Å². The van der Waals surface area contributed by atoms with Crippen molar-refractivity contribution >= 4 is 56.5 Å². The van der Waals surface area contributed by atoms with Gasteiger partial charge in [-0.3, -0.25) is 4.79 Å². The number of para-hydroxylation sites is 1. The number of amides is 1. The van der Waals surface area contributed by atoms with Gasteiger partial charge in [0.2, 0.25) is 0 Å². The molecule has 2 N–H and O–H groups in total. The number of aliphatic imine (C=N–C) groups is 1. The lowest BCUT2D eigenvalue weighted by molar-refractivity contribution is -0.115. The van der Waals surface area contributed by atoms with E-state index in [-0.39, 0.29) is 18.1 Å². The van der Waals surface area contributed by atoms with Crippen molar-refractivity contribution in [3.8, 4) is 5.75 Å². The number of carbonyl (C=O) groups is 2. The van der Waals surface area contributed by atoms with Crippen LogP contribution in [-0.2, 0) is 11.4 Å². The molecule has 0 aromatic heterocycles. The molecule has 8 heteroatoms. The minimum absolute atomic E-state index is 0.222. The topological polar surface area (TPSA) is 88.0 Å². The Hall–Kier alpha value is -3.36. The summed E-state index contributed by atoms with van der Waals surface area (Å²) in [6, 6.07) is 21.5. The minimum Gasteiger partial charge on any atom is -0.488 e. The lowest BCUT2D eigenvalue weighted by Crippen LogP contribution is -2.19. The molecule has 0 spiro atoms. The number of nitrogens with one attached hydrogen (secondary N) is 1. The summed E-state index contributed by atoms with van der Waals surface area (Å²) in [6.45, 7) is 0.262. The summed E-state index contributed by atoms with van der Waals surface area (Å²) in [6.07, 6.45) is 1.77. The Morgan fingerprint density at radius 2 is 1.84 bits per heavy atom. The van der Waals surface area contributed by atoms with E-state index in [0.29, 0.717) is 15.8 Å². The molecule has 0 bridgehead atoms. The predicted molar refractivity (Wildman–Crippen MR) is 129 cm³/mol. The third-order valence-electron chi connectivity index (χ3n) is 4.49. The van der Waals surface area contributed by atoms with Gasteiger partial charge in [-0.2, -0.15) is 0 Å². The maximum absolute atomic E-state index is 12.5. The van der Waals surface area contributed by atoms with Crippen molar-refractivity contribution in [3.63, 3.8) is 0 Å². The number of carboxylic acids is 1. The van der Waals surface area contributed by atoms with Gasteiger partial charge in [-0.05, 0) is 65.9 Å². The normalized spacial score (nSPS) is 15.7. The van der Waals surface area contributed by atoms with Crippen molar-refractivity contribution < 1.29 is 19.4 Å². The molecule has 3 aromatic carbocycles.